The molecule has 6 heteroatoms. The van der Waals surface area contributed by atoms with Gasteiger partial charge in [0, 0.05) is 13.1 Å². The summed E-state index contributed by atoms with van der Waals surface area (Å²) in [5, 5.41) is 0. The maximum absolute atomic E-state index is 13.4. The van der Waals surface area contributed by atoms with Crippen LogP contribution >= 0.6 is 0 Å². The first-order chi connectivity index (χ1) is 11.5. The average molecular weight is 332 g/mol. The van der Waals surface area contributed by atoms with Crippen LogP contribution in [0.25, 0.3) is 0 Å². The van der Waals surface area contributed by atoms with Gasteiger partial charge < -0.3 is 15.4 Å². The average Bonchev–Trinajstić information content (AvgIpc) is 3.00. The number of carbonyl (C=O) groups is 1. The minimum absolute atomic E-state index is 0.179. The highest BCUT2D eigenvalue weighted by Gasteiger charge is 2.39. The fourth-order valence-electron chi connectivity index (χ4n) is 2.84. The lowest BCUT2D eigenvalue weighted by Gasteiger charge is -2.25. The third-order valence-corrected chi connectivity index (χ3v) is 4.26. The number of rotatable bonds is 3. The Morgan fingerprint density at radius 1 is 1.17 bits per heavy atom. The first kappa shape index (κ1) is 16.4. The second-order valence-electron chi connectivity index (χ2n) is 6.00. The molecule has 2 aromatic carbocycles. The number of likely N-dealkylation sites (tertiary alicyclic amines) is 1. The van der Waals surface area contributed by atoms with Crippen LogP contribution in [0.4, 0.5) is 13.6 Å². The molecule has 0 radical (unpaired) electrons. The fraction of sp³-hybridized carbons (Fsp3) is 0.278. The van der Waals surface area contributed by atoms with Crippen molar-refractivity contribution >= 4 is 6.09 Å². The Labute approximate surface area is 138 Å². The topological polar surface area (TPSA) is 55.6 Å². The van der Waals surface area contributed by atoms with Crippen molar-refractivity contribution in [3.8, 4) is 0 Å². The van der Waals surface area contributed by atoms with Gasteiger partial charge in [0.05, 0.1) is 5.54 Å². The normalized spacial score (nSPS) is 20.2. The van der Waals surface area contributed by atoms with Crippen molar-refractivity contribution in [2.24, 2.45) is 5.73 Å². The van der Waals surface area contributed by atoms with Crippen molar-refractivity contribution in [3.05, 3.63) is 71.3 Å². The number of amides is 1. The smallest absolute Gasteiger partial charge is 0.410 e. The molecule has 1 heterocycles. The number of hydrogen-bond acceptors (Lipinski definition) is 3. The van der Waals surface area contributed by atoms with Crippen LogP contribution in [-0.2, 0) is 16.9 Å². The Balaban J connectivity index is 1.63. The van der Waals surface area contributed by atoms with Gasteiger partial charge in [-0.05, 0) is 29.7 Å². The van der Waals surface area contributed by atoms with Gasteiger partial charge in [-0.1, -0.05) is 36.4 Å². The van der Waals surface area contributed by atoms with E-state index in [-0.39, 0.29) is 13.2 Å². The molecular formula is C18H18F2N2O2. The summed E-state index contributed by atoms with van der Waals surface area (Å²) >= 11 is 0. The quantitative estimate of drug-likeness (QED) is 0.939. The van der Waals surface area contributed by atoms with Crippen molar-refractivity contribution in [3.63, 3.8) is 0 Å². The molecule has 1 aliphatic heterocycles. The molecule has 0 aliphatic carbocycles. The molecule has 1 atom stereocenters. The number of ether oxygens (including phenoxy) is 1. The van der Waals surface area contributed by atoms with Gasteiger partial charge in [-0.3, -0.25) is 0 Å². The zero-order valence-electron chi connectivity index (χ0n) is 13.0. The van der Waals surface area contributed by atoms with Crippen LogP contribution < -0.4 is 5.73 Å². The second-order valence-corrected chi connectivity index (χ2v) is 6.00. The van der Waals surface area contributed by atoms with Gasteiger partial charge in [-0.25, -0.2) is 13.6 Å². The number of nitrogens with two attached hydrogens (primary N) is 1. The fourth-order valence-corrected chi connectivity index (χ4v) is 2.84. The molecular weight excluding hydrogens is 314 g/mol. The SMILES string of the molecule is NC1(c2ccc(F)c(F)c2)CCN(C(=O)OCc2ccccc2)C1. The lowest BCUT2D eigenvalue weighted by atomic mass is 9.90. The molecule has 0 spiro atoms. The summed E-state index contributed by atoms with van der Waals surface area (Å²) in [7, 11) is 0. The summed E-state index contributed by atoms with van der Waals surface area (Å²) in [5.74, 6) is -1.86. The molecule has 0 saturated carbocycles. The lowest BCUT2D eigenvalue weighted by Crippen LogP contribution is -2.41. The minimum Gasteiger partial charge on any atom is -0.445 e. The number of carbonyl (C=O) groups excluding carboxylic acids is 1. The number of benzene rings is 2. The van der Waals surface area contributed by atoms with Crippen LogP contribution in [0.2, 0.25) is 0 Å². The third kappa shape index (κ3) is 3.38. The van der Waals surface area contributed by atoms with Crippen LogP contribution in [0.5, 0.6) is 0 Å². The summed E-state index contributed by atoms with van der Waals surface area (Å²) in [6.45, 7) is 0.785. The summed E-state index contributed by atoms with van der Waals surface area (Å²) in [6.07, 6.45) is -0.00726. The second kappa shape index (κ2) is 6.57. The van der Waals surface area contributed by atoms with Gasteiger partial charge in [0.2, 0.25) is 0 Å². The van der Waals surface area contributed by atoms with Crippen LogP contribution in [0, 0.1) is 11.6 Å². The monoisotopic (exact) mass is 332 g/mol. The Morgan fingerprint density at radius 3 is 2.62 bits per heavy atom. The Hall–Kier alpha value is -2.47. The van der Waals surface area contributed by atoms with E-state index in [1.165, 1.54) is 11.0 Å². The van der Waals surface area contributed by atoms with Gasteiger partial charge in [0.15, 0.2) is 11.6 Å². The van der Waals surface area contributed by atoms with E-state index in [4.69, 9.17) is 10.5 Å². The summed E-state index contributed by atoms with van der Waals surface area (Å²) in [5.41, 5.74) is 6.76. The maximum atomic E-state index is 13.4. The van der Waals surface area contributed by atoms with Crippen LogP contribution in [-0.4, -0.2) is 24.1 Å². The van der Waals surface area contributed by atoms with E-state index in [9.17, 15) is 13.6 Å². The standard InChI is InChI=1S/C18H18F2N2O2/c19-15-7-6-14(10-16(15)20)18(21)8-9-22(12-18)17(23)24-11-13-4-2-1-3-5-13/h1-7,10H,8-9,11-12,21H2. The molecule has 1 aliphatic rings. The number of nitrogens with zero attached hydrogens (tertiary/aromatic N) is 1. The van der Waals surface area contributed by atoms with Crippen LogP contribution in [0.15, 0.2) is 48.5 Å². The van der Waals surface area contributed by atoms with Gasteiger partial charge in [0.1, 0.15) is 6.61 Å². The molecule has 2 N–H and O–H groups in total. The zero-order valence-corrected chi connectivity index (χ0v) is 13.0. The van der Waals surface area contributed by atoms with Crippen molar-refractivity contribution < 1.29 is 18.3 Å². The molecule has 1 unspecified atom stereocenters. The molecule has 3 rings (SSSR count). The highest BCUT2D eigenvalue weighted by Crippen LogP contribution is 2.30. The van der Waals surface area contributed by atoms with Crippen LogP contribution in [0.1, 0.15) is 17.5 Å². The zero-order chi connectivity index (χ0) is 17.2. The molecule has 24 heavy (non-hydrogen) atoms. The van der Waals surface area contributed by atoms with Gasteiger partial charge in [-0.15, -0.1) is 0 Å². The molecule has 1 saturated heterocycles. The Morgan fingerprint density at radius 2 is 1.92 bits per heavy atom. The molecule has 4 nitrogen and oxygen atoms in total. The first-order valence-electron chi connectivity index (χ1n) is 7.68. The van der Waals surface area contributed by atoms with E-state index in [2.05, 4.69) is 0 Å². The summed E-state index contributed by atoms with van der Waals surface area (Å²) < 4.78 is 31.8. The first-order valence-corrected chi connectivity index (χ1v) is 7.68. The van der Waals surface area contributed by atoms with Crippen LogP contribution in [0.3, 0.4) is 0 Å². The van der Waals surface area contributed by atoms with Gasteiger partial charge in [0.25, 0.3) is 0 Å². The van der Waals surface area contributed by atoms with Crippen molar-refractivity contribution in [2.45, 2.75) is 18.6 Å². The highest BCUT2D eigenvalue weighted by molar-refractivity contribution is 5.68. The maximum Gasteiger partial charge on any atom is 0.410 e. The molecule has 0 aromatic heterocycles. The minimum atomic E-state index is -0.942. The van der Waals surface area contributed by atoms with E-state index in [1.54, 1.807) is 0 Å². The summed E-state index contributed by atoms with van der Waals surface area (Å²) in [6, 6.07) is 13.0. The van der Waals surface area contributed by atoms with Crippen molar-refractivity contribution in [1.29, 1.82) is 0 Å². The summed E-state index contributed by atoms with van der Waals surface area (Å²) in [4.78, 5) is 13.7. The highest BCUT2D eigenvalue weighted by atomic mass is 19.2. The molecule has 2 aromatic rings. The van der Waals surface area contributed by atoms with E-state index < -0.39 is 23.3 Å². The van der Waals surface area contributed by atoms with E-state index in [0.29, 0.717) is 18.5 Å². The lowest BCUT2D eigenvalue weighted by molar-refractivity contribution is 0.102. The molecule has 1 amide bonds. The number of hydrogen-bond donors (Lipinski definition) is 1. The molecule has 126 valence electrons. The number of halogens is 2. The molecule has 1 fully saturated rings. The van der Waals surface area contributed by atoms with E-state index in [1.807, 2.05) is 30.3 Å². The van der Waals surface area contributed by atoms with Gasteiger partial charge in [-0.2, -0.15) is 0 Å². The largest absolute Gasteiger partial charge is 0.445 e. The van der Waals surface area contributed by atoms with Crippen molar-refractivity contribution in [1.82, 2.24) is 4.90 Å². The molecule has 0 bridgehead atoms. The Bertz CT molecular complexity index is 739. The predicted molar refractivity (Wildman–Crippen MR) is 85.0 cm³/mol. The predicted octanol–water partition coefficient (Wildman–Crippen LogP) is 3.16. The van der Waals surface area contributed by atoms with Crippen molar-refractivity contribution in [2.75, 3.05) is 13.1 Å². The Kier molecular flexibility index (Phi) is 4.49. The third-order valence-electron chi connectivity index (χ3n) is 4.26. The van der Waals surface area contributed by atoms with E-state index >= 15 is 0 Å². The van der Waals surface area contributed by atoms with Gasteiger partial charge >= 0.3 is 6.09 Å². The van der Waals surface area contributed by atoms with E-state index in [0.717, 1.165) is 17.7 Å².